The first-order chi connectivity index (χ1) is 11.3. The van der Waals surface area contributed by atoms with Gasteiger partial charge in [-0.3, -0.25) is 0 Å². The van der Waals surface area contributed by atoms with E-state index < -0.39 is 11.7 Å². The highest BCUT2D eigenvalue weighted by atomic mass is 32.1. The molecule has 2 aromatic carbocycles. The predicted molar refractivity (Wildman–Crippen MR) is 93.0 cm³/mol. The van der Waals surface area contributed by atoms with Gasteiger partial charge < -0.3 is 16.0 Å². The van der Waals surface area contributed by atoms with Crippen molar-refractivity contribution in [3.05, 3.63) is 59.2 Å². The number of rotatable bonds is 2. The number of fused-ring (bicyclic) bond motifs is 1. The van der Waals surface area contributed by atoms with E-state index in [4.69, 9.17) is 18.0 Å². The molecule has 0 saturated heterocycles. The minimum atomic E-state index is -4.46. The molecule has 7 heteroatoms. The topological polar surface area (TPSA) is 41.3 Å². The molecule has 1 aliphatic rings. The summed E-state index contributed by atoms with van der Waals surface area (Å²) in [4.78, 5) is 1.76. The number of thiocarbonyl (C=S) groups is 1. The molecule has 3 rings (SSSR count). The van der Waals surface area contributed by atoms with E-state index in [1.54, 1.807) is 11.0 Å². The summed E-state index contributed by atoms with van der Waals surface area (Å²) < 4.78 is 40.5. The fourth-order valence-electron chi connectivity index (χ4n) is 2.96. The van der Waals surface area contributed by atoms with Crippen LogP contribution in [0.1, 0.15) is 16.7 Å². The van der Waals surface area contributed by atoms with E-state index >= 15 is 0 Å². The van der Waals surface area contributed by atoms with Crippen LogP contribution in [-0.2, 0) is 19.1 Å². The molecule has 2 aromatic rings. The molecule has 0 saturated carbocycles. The third-order valence-corrected chi connectivity index (χ3v) is 4.14. The van der Waals surface area contributed by atoms with Crippen molar-refractivity contribution in [3.63, 3.8) is 0 Å². The average Bonchev–Trinajstić information content (AvgIpc) is 2.53. The third-order valence-electron chi connectivity index (χ3n) is 4.04. The van der Waals surface area contributed by atoms with Gasteiger partial charge in [0.2, 0.25) is 0 Å². The van der Waals surface area contributed by atoms with Crippen LogP contribution < -0.4 is 16.0 Å². The SMILES string of the molecule is NC(=S)Nc1ccc(N2CCc3ccccc3C2)c(C(F)(F)F)c1. The molecular formula is C17H16F3N3S. The zero-order valence-corrected chi connectivity index (χ0v) is 13.5. The first kappa shape index (κ1) is 16.6. The number of alkyl halides is 3. The Morgan fingerprint density at radius 2 is 1.83 bits per heavy atom. The smallest absolute Gasteiger partial charge is 0.376 e. The van der Waals surface area contributed by atoms with Gasteiger partial charge in [-0.25, -0.2) is 0 Å². The van der Waals surface area contributed by atoms with Gasteiger partial charge in [0.15, 0.2) is 5.11 Å². The molecule has 0 aliphatic carbocycles. The van der Waals surface area contributed by atoms with Gasteiger partial charge in [0.05, 0.1) is 5.56 Å². The fourth-order valence-corrected chi connectivity index (χ4v) is 3.08. The maximum Gasteiger partial charge on any atom is 0.418 e. The lowest BCUT2D eigenvalue weighted by atomic mass is 9.98. The largest absolute Gasteiger partial charge is 0.418 e. The van der Waals surface area contributed by atoms with Crippen LogP contribution in [-0.4, -0.2) is 11.7 Å². The molecule has 126 valence electrons. The van der Waals surface area contributed by atoms with Crippen LogP contribution in [0.15, 0.2) is 42.5 Å². The van der Waals surface area contributed by atoms with Gasteiger partial charge in [-0.1, -0.05) is 24.3 Å². The highest BCUT2D eigenvalue weighted by Crippen LogP contribution is 2.39. The first-order valence-electron chi connectivity index (χ1n) is 7.44. The van der Waals surface area contributed by atoms with Gasteiger partial charge in [0.25, 0.3) is 0 Å². The van der Waals surface area contributed by atoms with Crippen molar-refractivity contribution in [2.24, 2.45) is 5.73 Å². The summed E-state index contributed by atoms with van der Waals surface area (Å²) in [6.07, 6.45) is -3.74. The van der Waals surface area contributed by atoms with Crippen molar-refractivity contribution < 1.29 is 13.2 Å². The van der Waals surface area contributed by atoms with Crippen molar-refractivity contribution in [1.29, 1.82) is 0 Å². The highest BCUT2D eigenvalue weighted by Gasteiger charge is 2.35. The van der Waals surface area contributed by atoms with Crippen molar-refractivity contribution in [2.45, 2.75) is 19.1 Å². The second kappa shape index (κ2) is 6.32. The summed E-state index contributed by atoms with van der Waals surface area (Å²) in [5.74, 6) is 0. The standard InChI is InChI=1S/C17H16F3N3S/c18-17(19,20)14-9-13(22-16(21)24)5-6-15(14)23-8-7-11-3-1-2-4-12(11)10-23/h1-6,9H,7-8,10H2,(H3,21,22,24). The molecule has 0 atom stereocenters. The number of hydrogen-bond acceptors (Lipinski definition) is 2. The molecule has 1 aliphatic heterocycles. The van der Waals surface area contributed by atoms with E-state index in [0.29, 0.717) is 13.1 Å². The molecule has 3 nitrogen and oxygen atoms in total. The maximum atomic E-state index is 13.5. The van der Waals surface area contributed by atoms with Crippen LogP contribution in [0.3, 0.4) is 0 Å². The molecule has 3 N–H and O–H groups in total. The number of benzene rings is 2. The van der Waals surface area contributed by atoms with E-state index in [1.165, 1.54) is 11.6 Å². The van der Waals surface area contributed by atoms with Crippen molar-refractivity contribution in [2.75, 3.05) is 16.8 Å². The Balaban J connectivity index is 1.97. The Labute approximate surface area is 143 Å². The fraction of sp³-hybridized carbons (Fsp3) is 0.235. The van der Waals surface area contributed by atoms with Crippen LogP contribution in [0.2, 0.25) is 0 Å². The van der Waals surface area contributed by atoms with Gasteiger partial charge >= 0.3 is 6.18 Å². The third kappa shape index (κ3) is 3.46. The van der Waals surface area contributed by atoms with Crippen molar-refractivity contribution in [1.82, 2.24) is 0 Å². The van der Waals surface area contributed by atoms with Crippen LogP contribution in [0, 0.1) is 0 Å². The Hall–Kier alpha value is -2.28. The number of nitrogens with two attached hydrogens (primary N) is 1. The van der Waals surface area contributed by atoms with E-state index in [-0.39, 0.29) is 16.5 Å². The zero-order chi connectivity index (χ0) is 17.3. The van der Waals surface area contributed by atoms with Crippen molar-refractivity contribution in [3.8, 4) is 0 Å². The predicted octanol–water partition coefficient (Wildman–Crippen LogP) is 3.92. The molecule has 0 spiro atoms. The van der Waals surface area contributed by atoms with Crippen LogP contribution >= 0.6 is 12.2 Å². The van der Waals surface area contributed by atoms with Crippen LogP contribution in [0.5, 0.6) is 0 Å². The van der Waals surface area contributed by atoms with E-state index in [9.17, 15) is 13.2 Å². The van der Waals surface area contributed by atoms with Crippen LogP contribution in [0.25, 0.3) is 0 Å². The van der Waals surface area contributed by atoms with Gasteiger partial charge in [-0.2, -0.15) is 13.2 Å². The lowest BCUT2D eigenvalue weighted by Crippen LogP contribution is -2.32. The van der Waals surface area contributed by atoms with E-state index in [0.717, 1.165) is 18.1 Å². The Morgan fingerprint density at radius 3 is 2.50 bits per heavy atom. The summed E-state index contributed by atoms with van der Waals surface area (Å²) in [5.41, 5.74) is 7.31. The van der Waals surface area contributed by atoms with Crippen molar-refractivity contribution >= 4 is 28.7 Å². The lowest BCUT2D eigenvalue weighted by molar-refractivity contribution is -0.137. The number of nitrogens with one attached hydrogen (secondary N) is 1. The Bertz CT molecular complexity index is 774. The number of anilines is 2. The number of nitrogens with zero attached hydrogens (tertiary/aromatic N) is 1. The Morgan fingerprint density at radius 1 is 1.12 bits per heavy atom. The Kier molecular flexibility index (Phi) is 4.36. The number of hydrogen-bond donors (Lipinski definition) is 2. The molecule has 0 aromatic heterocycles. The zero-order valence-electron chi connectivity index (χ0n) is 12.7. The second-order valence-electron chi connectivity index (χ2n) is 5.66. The normalized spacial score (nSPS) is 14.2. The summed E-state index contributed by atoms with van der Waals surface area (Å²) in [5, 5.41) is 2.49. The monoisotopic (exact) mass is 351 g/mol. The minimum Gasteiger partial charge on any atom is -0.376 e. The molecule has 0 amide bonds. The summed E-state index contributed by atoms with van der Waals surface area (Å²) in [6, 6.07) is 11.9. The van der Waals surface area contributed by atoms with Gasteiger partial charge in [-0.15, -0.1) is 0 Å². The average molecular weight is 351 g/mol. The van der Waals surface area contributed by atoms with Gasteiger partial charge in [0, 0.05) is 24.5 Å². The summed E-state index contributed by atoms with van der Waals surface area (Å²) in [6.45, 7) is 1.00. The van der Waals surface area contributed by atoms with Crippen LogP contribution in [0.4, 0.5) is 24.5 Å². The molecule has 0 bridgehead atoms. The molecule has 1 heterocycles. The summed E-state index contributed by atoms with van der Waals surface area (Å²) in [7, 11) is 0. The maximum absolute atomic E-state index is 13.5. The number of halogens is 3. The highest BCUT2D eigenvalue weighted by molar-refractivity contribution is 7.80. The minimum absolute atomic E-state index is 0.0669. The summed E-state index contributed by atoms with van der Waals surface area (Å²) >= 11 is 4.69. The van der Waals surface area contributed by atoms with E-state index in [1.807, 2.05) is 24.3 Å². The molecular weight excluding hydrogens is 335 g/mol. The van der Waals surface area contributed by atoms with Gasteiger partial charge in [-0.05, 0) is 48.0 Å². The quantitative estimate of drug-likeness (QED) is 0.805. The molecule has 0 radical (unpaired) electrons. The van der Waals surface area contributed by atoms with Gasteiger partial charge in [0.1, 0.15) is 0 Å². The lowest BCUT2D eigenvalue weighted by Gasteiger charge is -2.32. The molecule has 0 unspecified atom stereocenters. The molecule has 24 heavy (non-hydrogen) atoms. The molecule has 0 fully saturated rings. The first-order valence-corrected chi connectivity index (χ1v) is 7.85. The second-order valence-corrected chi connectivity index (χ2v) is 6.10. The van der Waals surface area contributed by atoms with E-state index in [2.05, 4.69) is 5.32 Å².